The van der Waals surface area contributed by atoms with Crippen molar-refractivity contribution in [1.82, 2.24) is 15.1 Å². The zero-order chi connectivity index (χ0) is 15.4. The molecule has 21 heavy (non-hydrogen) atoms. The van der Waals surface area contributed by atoms with E-state index in [0.717, 1.165) is 16.3 Å². The summed E-state index contributed by atoms with van der Waals surface area (Å²) in [6.45, 7) is 1.66. The molecule has 0 aliphatic rings. The van der Waals surface area contributed by atoms with Crippen LogP contribution in [-0.2, 0) is 0 Å². The van der Waals surface area contributed by atoms with Crippen LogP contribution in [-0.4, -0.2) is 39.1 Å². The van der Waals surface area contributed by atoms with E-state index in [9.17, 15) is 14.7 Å². The summed E-state index contributed by atoms with van der Waals surface area (Å²) in [5.74, 6) is -1.16. The van der Waals surface area contributed by atoms with Crippen molar-refractivity contribution in [3.05, 3.63) is 51.9 Å². The van der Waals surface area contributed by atoms with Gasteiger partial charge in [0.2, 0.25) is 0 Å². The van der Waals surface area contributed by atoms with Crippen molar-refractivity contribution in [3.63, 3.8) is 0 Å². The Kier molecular flexibility index (Phi) is 4.34. The normalized spacial score (nSPS) is 10.4. The predicted octanol–water partition coefficient (Wildman–Crippen LogP) is -0.0314. The van der Waals surface area contributed by atoms with Gasteiger partial charge in [0.1, 0.15) is 0 Å². The number of aliphatic hydroxyl groups excluding tert-OH is 1. The molecule has 1 aromatic carbocycles. The maximum Gasteiger partial charge on any atom is 0.275 e. The molecule has 0 radical (unpaired) electrons. The molecule has 2 aromatic rings. The number of aliphatic hydroxyl groups is 1. The first-order chi connectivity index (χ1) is 10.0. The summed E-state index contributed by atoms with van der Waals surface area (Å²) in [6.07, 6.45) is 0. The quantitative estimate of drug-likeness (QED) is 0.733. The highest BCUT2D eigenvalue weighted by Gasteiger charge is 2.16. The molecule has 0 unspecified atom stereocenters. The molecular weight excluding hydrogens is 274 g/mol. The van der Waals surface area contributed by atoms with Crippen LogP contribution in [0.2, 0.25) is 0 Å². The zero-order valence-electron chi connectivity index (χ0n) is 11.4. The molecule has 0 fully saturated rings. The number of amides is 1. The van der Waals surface area contributed by atoms with Crippen molar-refractivity contribution in [1.29, 1.82) is 0 Å². The number of aromatic hydroxyl groups is 1. The Morgan fingerprint density at radius 3 is 2.81 bits per heavy atom. The van der Waals surface area contributed by atoms with Gasteiger partial charge < -0.3 is 15.5 Å². The molecule has 2 rings (SSSR count). The number of hydrogen-bond acceptors (Lipinski definition) is 5. The summed E-state index contributed by atoms with van der Waals surface area (Å²) in [5, 5.41) is 24.6. The summed E-state index contributed by atoms with van der Waals surface area (Å²) >= 11 is 0. The third-order valence-electron chi connectivity index (χ3n) is 2.77. The highest BCUT2D eigenvalue weighted by molar-refractivity contribution is 5.94. The molecular formula is C14H15N3O4. The van der Waals surface area contributed by atoms with E-state index >= 15 is 0 Å². The molecule has 1 amide bonds. The fourth-order valence-corrected chi connectivity index (χ4v) is 1.81. The van der Waals surface area contributed by atoms with Crippen molar-refractivity contribution in [2.24, 2.45) is 0 Å². The Hall–Kier alpha value is -2.67. The Bertz CT molecular complexity index is 724. The molecule has 7 heteroatoms. The number of nitrogens with one attached hydrogen (secondary N) is 1. The lowest BCUT2D eigenvalue weighted by Gasteiger charge is -2.09. The molecule has 0 saturated carbocycles. The van der Waals surface area contributed by atoms with Crippen molar-refractivity contribution < 1.29 is 15.0 Å². The number of aryl methyl sites for hydroxylation is 1. The van der Waals surface area contributed by atoms with Gasteiger partial charge in [0.25, 0.3) is 11.5 Å². The van der Waals surface area contributed by atoms with Gasteiger partial charge in [-0.2, -0.15) is 9.78 Å². The van der Waals surface area contributed by atoms with Crippen molar-refractivity contribution >= 4 is 5.91 Å². The van der Waals surface area contributed by atoms with Crippen molar-refractivity contribution in [2.75, 3.05) is 13.2 Å². The summed E-state index contributed by atoms with van der Waals surface area (Å²) in [5.41, 5.74) is 0.609. The van der Waals surface area contributed by atoms with Gasteiger partial charge in [-0.1, -0.05) is 12.1 Å². The largest absolute Gasteiger partial charge is 0.505 e. The van der Waals surface area contributed by atoms with E-state index in [4.69, 9.17) is 5.11 Å². The fourth-order valence-electron chi connectivity index (χ4n) is 1.81. The van der Waals surface area contributed by atoms with E-state index in [-0.39, 0.29) is 18.8 Å². The summed E-state index contributed by atoms with van der Waals surface area (Å²) in [4.78, 5) is 23.7. The van der Waals surface area contributed by atoms with Gasteiger partial charge >= 0.3 is 0 Å². The Balaban J connectivity index is 2.48. The molecule has 3 N–H and O–H groups in total. The third-order valence-corrected chi connectivity index (χ3v) is 2.77. The zero-order valence-corrected chi connectivity index (χ0v) is 11.4. The van der Waals surface area contributed by atoms with E-state index in [1.54, 1.807) is 18.2 Å². The standard InChI is InChI=1S/C14H15N3O4/c1-9-3-2-4-10(7-9)17-12(20)8-11(19)13(16-17)14(21)15-5-6-18/h2-4,7-8,18-19H,5-6H2,1H3,(H,15,21). The topological polar surface area (TPSA) is 104 Å². The molecule has 0 bridgehead atoms. The van der Waals surface area contributed by atoms with E-state index in [2.05, 4.69) is 10.4 Å². The Morgan fingerprint density at radius 2 is 2.14 bits per heavy atom. The minimum atomic E-state index is -0.664. The molecule has 0 spiro atoms. The number of hydrogen-bond donors (Lipinski definition) is 3. The van der Waals surface area contributed by atoms with Crippen LogP contribution >= 0.6 is 0 Å². The average Bonchev–Trinajstić information content (AvgIpc) is 2.44. The minimum Gasteiger partial charge on any atom is -0.505 e. The molecule has 7 nitrogen and oxygen atoms in total. The molecule has 1 aromatic heterocycles. The van der Waals surface area contributed by atoms with E-state index in [1.165, 1.54) is 0 Å². The van der Waals surface area contributed by atoms with Gasteiger partial charge in [-0.25, -0.2) is 0 Å². The molecule has 0 atom stereocenters. The molecule has 0 saturated heterocycles. The monoisotopic (exact) mass is 289 g/mol. The molecule has 110 valence electrons. The van der Waals surface area contributed by atoms with Crippen molar-refractivity contribution in [2.45, 2.75) is 6.92 Å². The Labute approximate surface area is 120 Å². The second kappa shape index (κ2) is 6.19. The first-order valence-electron chi connectivity index (χ1n) is 6.32. The predicted molar refractivity (Wildman–Crippen MR) is 75.7 cm³/mol. The first kappa shape index (κ1) is 14.7. The van der Waals surface area contributed by atoms with Gasteiger partial charge in [0, 0.05) is 12.6 Å². The van der Waals surface area contributed by atoms with E-state index in [1.807, 2.05) is 13.0 Å². The lowest BCUT2D eigenvalue weighted by atomic mass is 10.2. The van der Waals surface area contributed by atoms with Gasteiger partial charge in [0.15, 0.2) is 11.4 Å². The Morgan fingerprint density at radius 1 is 1.38 bits per heavy atom. The third kappa shape index (κ3) is 3.26. The van der Waals surface area contributed by atoms with Crippen LogP contribution in [0, 0.1) is 6.92 Å². The van der Waals surface area contributed by atoms with Crippen LogP contribution < -0.4 is 10.9 Å². The van der Waals surface area contributed by atoms with Crippen LogP contribution in [0.3, 0.4) is 0 Å². The van der Waals surface area contributed by atoms with Gasteiger partial charge in [-0.05, 0) is 24.6 Å². The molecule has 1 heterocycles. The summed E-state index contributed by atoms with van der Waals surface area (Å²) < 4.78 is 1.04. The van der Waals surface area contributed by atoms with Crippen molar-refractivity contribution in [3.8, 4) is 11.4 Å². The number of rotatable bonds is 4. The summed E-state index contributed by atoms with van der Waals surface area (Å²) in [7, 11) is 0. The van der Waals surface area contributed by atoms with Crippen LogP contribution in [0.25, 0.3) is 5.69 Å². The van der Waals surface area contributed by atoms with Gasteiger partial charge in [-0.15, -0.1) is 0 Å². The van der Waals surface area contributed by atoms with Crippen LogP contribution in [0.4, 0.5) is 0 Å². The number of aromatic nitrogens is 2. The smallest absolute Gasteiger partial charge is 0.275 e. The average molecular weight is 289 g/mol. The highest BCUT2D eigenvalue weighted by Crippen LogP contribution is 2.13. The summed E-state index contributed by atoms with van der Waals surface area (Å²) in [6, 6.07) is 7.97. The maximum atomic E-state index is 11.9. The highest BCUT2D eigenvalue weighted by atomic mass is 16.3. The second-order valence-electron chi connectivity index (χ2n) is 4.45. The number of carbonyl (C=O) groups excluding carboxylic acids is 1. The number of carbonyl (C=O) groups is 1. The van der Waals surface area contributed by atoms with Crippen LogP contribution in [0.5, 0.6) is 5.75 Å². The first-order valence-corrected chi connectivity index (χ1v) is 6.32. The van der Waals surface area contributed by atoms with Gasteiger partial charge in [0.05, 0.1) is 12.3 Å². The van der Waals surface area contributed by atoms with E-state index in [0.29, 0.717) is 5.69 Å². The number of benzene rings is 1. The van der Waals surface area contributed by atoms with Crippen LogP contribution in [0.15, 0.2) is 35.1 Å². The SMILES string of the molecule is Cc1cccc(-n2nc(C(=O)NCCO)c(O)cc2=O)c1. The van der Waals surface area contributed by atoms with Crippen LogP contribution in [0.1, 0.15) is 16.1 Å². The molecule has 0 aliphatic carbocycles. The fraction of sp³-hybridized carbons (Fsp3) is 0.214. The lowest BCUT2D eigenvalue weighted by molar-refractivity contribution is 0.0935. The second-order valence-corrected chi connectivity index (χ2v) is 4.45. The van der Waals surface area contributed by atoms with E-state index < -0.39 is 17.2 Å². The number of nitrogens with zero attached hydrogens (tertiary/aromatic N) is 2. The van der Waals surface area contributed by atoms with Gasteiger partial charge in [-0.3, -0.25) is 9.59 Å². The molecule has 0 aliphatic heterocycles. The maximum absolute atomic E-state index is 11.9. The minimum absolute atomic E-state index is 0.0313. The lowest BCUT2D eigenvalue weighted by Crippen LogP contribution is -2.30.